The van der Waals surface area contributed by atoms with Crippen molar-refractivity contribution in [1.29, 1.82) is 0 Å². The lowest BCUT2D eigenvalue weighted by Crippen LogP contribution is -2.41. The highest BCUT2D eigenvalue weighted by Gasteiger charge is 2.24. The summed E-state index contributed by atoms with van der Waals surface area (Å²) in [5.74, 6) is -0.294. The van der Waals surface area contributed by atoms with Crippen LogP contribution >= 0.6 is 0 Å². The van der Waals surface area contributed by atoms with Crippen LogP contribution in [0.3, 0.4) is 0 Å². The molecule has 22 heavy (non-hydrogen) atoms. The Morgan fingerprint density at radius 3 is 2.09 bits per heavy atom. The van der Waals surface area contributed by atoms with Crippen LogP contribution in [-0.2, 0) is 14.8 Å². The van der Waals surface area contributed by atoms with E-state index in [1.807, 2.05) is 6.92 Å². The smallest absolute Gasteiger partial charge is 0.243 e. The Morgan fingerprint density at radius 1 is 1.14 bits per heavy atom. The second-order valence-corrected chi connectivity index (χ2v) is 7.00. The van der Waals surface area contributed by atoms with E-state index >= 15 is 0 Å². The molecule has 0 fully saturated rings. The second-order valence-electron chi connectivity index (χ2n) is 4.95. The van der Waals surface area contributed by atoms with Gasteiger partial charge in [-0.3, -0.25) is 4.79 Å². The largest absolute Gasteiger partial charge is 0.334 e. The molecule has 1 aromatic carbocycles. The van der Waals surface area contributed by atoms with E-state index in [-0.39, 0.29) is 17.3 Å². The Balaban J connectivity index is 2.88. The summed E-state index contributed by atoms with van der Waals surface area (Å²) < 4.78 is 25.9. The number of hydrogen-bond donors (Lipinski definition) is 0. The summed E-state index contributed by atoms with van der Waals surface area (Å²) in [5, 5.41) is 0. The van der Waals surface area contributed by atoms with Gasteiger partial charge in [-0.2, -0.15) is 4.31 Å². The number of aryl methyl sites for hydroxylation is 1. The van der Waals surface area contributed by atoms with Crippen molar-refractivity contribution in [3.63, 3.8) is 0 Å². The van der Waals surface area contributed by atoms with Crippen molar-refractivity contribution in [2.45, 2.75) is 11.8 Å². The number of carbonyl (C=O) groups excluding carboxylic acids is 1. The molecule has 0 atom stereocenters. The highest BCUT2D eigenvalue weighted by molar-refractivity contribution is 7.89. The minimum atomic E-state index is -3.68. The van der Waals surface area contributed by atoms with E-state index < -0.39 is 10.0 Å². The first-order valence-electron chi connectivity index (χ1n) is 6.85. The van der Waals surface area contributed by atoms with E-state index in [2.05, 4.69) is 13.2 Å². The van der Waals surface area contributed by atoms with Crippen molar-refractivity contribution >= 4 is 15.9 Å². The summed E-state index contributed by atoms with van der Waals surface area (Å²) in [6.07, 6.45) is 3.19. The molecule has 5 nitrogen and oxygen atoms in total. The van der Waals surface area contributed by atoms with Crippen LogP contribution in [0.2, 0.25) is 0 Å². The van der Waals surface area contributed by atoms with Gasteiger partial charge >= 0.3 is 0 Å². The summed E-state index contributed by atoms with van der Waals surface area (Å²) in [4.78, 5) is 13.9. The molecule has 0 radical (unpaired) electrons. The molecule has 0 aromatic heterocycles. The fourth-order valence-electron chi connectivity index (χ4n) is 1.86. The average Bonchev–Trinajstić information content (AvgIpc) is 2.47. The molecule has 6 heteroatoms. The Morgan fingerprint density at radius 2 is 1.64 bits per heavy atom. The molecular formula is C16H22N2O3S. The van der Waals surface area contributed by atoms with Gasteiger partial charge in [0, 0.05) is 20.1 Å². The Labute approximate surface area is 132 Å². The maximum atomic E-state index is 12.4. The predicted molar refractivity (Wildman–Crippen MR) is 88.0 cm³/mol. The maximum Gasteiger partial charge on any atom is 0.243 e. The molecule has 1 rings (SSSR count). The molecule has 0 aliphatic rings. The molecule has 0 spiro atoms. The average molecular weight is 322 g/mol. The number of sulfonamides is 1. The third-order valence-corrected chi connectivity index (χ3v) is 4.96. The van der Waals surface area contributed by atoms with Crippen LogP contribution in [-0.4, -0.2) is 50.2 Å². The van der Waals surface area contributed by atoms with Crippen molar-refractivity contribution in [1.82, 2.24) is 9.21 Å². The Hall–Kier alpha value is -1.92. The van der Waals surface area contributed by atoms with E-state index in [1.54, 1.807) is 24.3 Å². The zero-order chi connectivity index (χ0) is 16.8. The number of likely N-dealkylation sites (N-methyl/N-ethyl adjacent to an activating group) is 1. The molecular weight excluding hydrogens is 300 g/mol. The standard InChI is InChI=1S/C16H22N2O3S/c1-5-11-18(12-6-2)16(19)13-17(4)22(20,21)15-9-7-14(3)8-10-15/h5-10H,1-2,11-13H2,3-4H3. The summed E-state index contributed by atoms with van der Waals surface area (Å²) >= 11 is 0. The summed E-state index contributed by atoms with van der Waals surface area (Å²) in [5.41, 5.74) is 0.973. The molecule has 1 aromatic rings. The molecule has 0 unspecified atom stereocenters. The molecule has 120 valence electrons. The van der Waals surface area contributed by atoms with Gasteiger partial charge in [-0.1, -0.05) is 29.8 Å². The molecule has 0 heterocycles. The van der Waals surface area contributed by atoms with Gasteiger partial charge in [-0.15, -0.1) is 13.2 Å². The lowest BCUT2D eigenvalue weighted by atomic mass is 10.2. The van der Waals surface area contributed by atoms with Gasteiger partial charge in [0.25, 0.3) is 0 Å². The lowest BCUT2D eigenvalue weighted by Gasteiger charge is -2.23. The first-order valence-corrected chi connectivity index (χ1v) is 8.29. The van der Waals surface area contributed by atoms with Crippen LogP contribution in [0, 0.1) is 6.92 Å². The molecule has 0 bridgehead atoms. The Kier molecular flexibility index (Phi) is 6.52. The van der Waals surface area contributed by atoms with Gasteiger partial charge in [0.15, 0.2) is 0 Å². The maximum absolute atomic E-state index is 12.4. The zero-order valence-electron chi connectivity index (χ0n) is 13.0. The first kappa shape index (κ1) is 18.1. The number of nitrogens with zero attached hydrogens (tertiary/aromatic N) is 2. The van der Waals surface area contributed by atoms with E-state index in [0.29, 0.717) is 13.1 Å². The van der Waals surface area contributed by atoms with Crippen molar-refractivity contribution in [3.8, 4) is 0 Å². The Bertz CT molecular complexity index is 626. The quantitative estimate of drug-likeness (QED) is 0.686. The number of hydrogen-bond acceptors (Lipinski definition) is 3. The summed E-state index contributed by atoms with van der Waals surface area (Å²) in [6.45, 7) is 9.54. The van der Waals surface area contributed by atoms with Crippen molar-refractivity contribution in [2.24, 2.45) is 0 Å². The van der Waals surface area contributed by atoms with Crippen LogP contribution in [0.1, 0.15) is 5.56 Å². The van der Waals surface area contributed by atoms with Crippen LogP contribution in [0.5, 0.6) is 0 Å². The van der Waals surface area contributed by atoms with Crippen molar-refractivity contribution < 1.29 is 13.2 Å². The van der Waals surface area contributed by atoms with Crippen molar-refractivity contribution in [2.75, 3.05) is 26.7 Å². The SMILES string of the molecule is C=CCN(CC=C)C(=O)CN(C)S(=O)(=O)c1ccc(C)cc1. The number of benzene rings is 1. The van der Waals surface area contributed by atoms with Gasteiger partial charge in [-0.05, 0) is 19.1 Å². The van der Waals surface area contributed by atoms with E-state index in [9.17, 15) is 13.2 Å². The summed E-state index contributed by atoms with van der Waals surface area (Å²) in [7, 11) is -2.28. The molecule has 0 aliphatic carbocycles. The van der Waals surface area contributed by atoms with Crippen molar-refractivity contribution in [3.05, 3.63) is 55.1 Å². The second kappa shape index (κ2) is 7.91. The fraction of sp³-hybridized carbons (Fsp3) is 0.312. The first-order chi connectivity index (χ1) is 10.3. The van der Waals surface area contributed by atoms with Gasteiger partial charge < -0.3 is 4.90 Å². The highest BCUT2D eigenvalue weighted by Crippen LogP contribution is 2.15. The normalized spacial score (nSPS) is 11.2. The number of carbonyl (C=O) groups is 1. The third-order valence-electron chi connectivity index (χ3n) is 3.14. The van der Waals surface area contributed by atoms with Gasteiger partial charge in [-0.25, -0.2) is 8.42 Å². The van der Waals surface area contributed by atoms with Crippen LogP contribution in [0.25, 0.3) is 0 Å². The molecule has 1 amide bonds. The van der Waals surface area contributed by atoms with Crippen LogP contribution in [0.4, 0.5) is 0 Å². The topological polar surface area (TPSA) is 57.7 Å². The molecule has 0 N–H and O–H groups in total. The number of rotatable bonds is 8. The monoisotopic (exact) mass is 322 g/mol. The summed E-state index contributed by atoms with van der Waals surface area (Å²) in [6, 6.07) is 6.53. The van der Waals surface area contributed by atoms with Gasteiger partial charge in [0.1, 0.15) is 0 Å². The van der Waals surface area contributed by atoms with E-state index in [4.69, 9.17) is 0 Å². The molecule has 0 saturated heterocycles. The van der Waals surface area contributed by atoms with E-state index in [0.717, 1.165) is 9.87 Å². The molecule has 0 aliphatic heterocycles. The highest BCUT2D eigenvalue weighted by atomic mass is 32.2. The van der Waals surface area contributed by atoms with Crippen LogP contribution < -0.4 is 0 Å². The zero-order valence-corrected chi connectivity index (χ0v) is 13.8. The number of amides is 1. The van der Waals surface area contributed by atoms with Crippen LogP contribution in [0.15, 0.2) is 54.5 Å². The minimum absolute atomic E-state index is 0.174. The van der Waals surface area contributed by atoms with Gasteiger partial charge in [0.05, 0.1) is 11.4 Å². The fourth-order valence-corrected chi connectivity index (χ4v) is 2.98. The molecule has 0 saturated carbocycles. The lowest BCUT2D eigenvalue weighted by molar-refractivity contribution is -0.130. The van der Waals surface area contributed by atoms with E-state index in [1.165, 1.54) is 24.1 Å². The predicted octanol–water partition coefficient (Wildman–Crippen LogP) is 1.82. The van der Waals surface area contributed by atoms with Gasteiger partial charge in [0.2, 0.25) is 15.9 Å². The minimum Gasteiger partial charge on any atom is -0.334 e. The third kappa shape index (κ3) is 4.54.